The summed E-state index contributed by atoms with van der Waals surface area (Å²) in [5.41, 5.74) is 7.27. The fraction of sp³-hybridized carbons (Fsp3) is 0.533. The molecule has 2 unspecified atom stereocenters. The van der Waals surface area contributed by atoms with Gasteiger partial charge in [0.2, 0.25) is 0 Å². The van der Waals surface area contributed by atoms with Gasteiger partial charge >= 0.3 is 0 Å². The van der Waals surface area contributed by atoms with Crippen LogP contribution in [0.2, 0.25) is 0 Å². The monoisotopic (exact) mass is 337 g/mol. The van der Waals surface area contributed by atoms with Crippen molar-refractivity contribution in [1.82, 2.24) is 0 Å². The molecule has 4 nitrogen and oxygen atoms in total. The van der Waals surface area contributed by atoms with Crippen LogP contribution in [0.5, 0.6) is 0 Å². The van der Waals surface area contributed by atoms with E-state index in [2.05, 4.69) is 44.9 Å². The number of nitrogens with zero attached hydrogens (tertiary/aromatic N) is 2. The number of guanidine groups is 1. The van der Waals surface area contributed by atoms with Crippen LogP contribution in [0.25, 0.3) is 0 Å². The van der Waals surface area contributed by atoms with Crippen LogP contribution in [-0.4, -0.2) is 30.8 Å². The molecule has 20 heavy (non-hydrogen) atoms. The molecule has 1 aromatic rings. The predicted octanol–water partition coefficient (Wildman–Crippen LogP) is 2.91. The zero-order valence-corrected chi connectivity index (χ0v) is 13.3. The highest BCUT2D eigenvalue weighted by Gasteiger charge is 2.46. The van der Waals surface area contributed by atoms with Gasteiger partial charge in [-0.2, -0.15) is 0 Å². The van der Waals surface area contributed by atoms with Crippen molar-refractivity contribution in [2.75, 3.05) is 18.1 Å². The molecular weight excluding hydrogens is 318 g/mol. The third kappa shape index (κ3) is 2.33. The van der Waals surface area contributed by atoms with E-state index >= 15 is 0 Å². The second-order valence-electron chi connectivity index (χ2n) is 5.57. The third-order valence-electron chi connectivity index (χ3n) is 4.29. The Morgan fingerprint density at radius 1 is 1.55 bits per heavy atom. The number of ether oxygens (including phenoxy) is 1. The largest absolute Gasteiger partial charge is 0.378 e. The zero-order chi connectivity index (χ0) is 14.2. The molecule has 0 aromatic heterocycles. The van der Waals surface area contributed by atoms with Gasteiger partial charge in [-0.15, -0.1) is 0 Å². The van der Waals surface area contributed by atoms with Crippen LogP contribution in [0.3, 0.4) is 0 Å². The summed E-state index contributed by atoms with van der Waals surface area (Å²) < 4.78 is 6.89. The minimum atomic E-state index is -0.0101. The first-order valence-electron chi connectivity index (χ1n) is 7.12. The fourth-order valence-electron chi connectivity index (χ4n) is 3.24. The van der Waals surface area contributed by atoms with E-state index in [1.165, 1.54) is 0 Å². The normalized spacial score (nSPS) is 29.8. The molecule has 1 fully saturated rings. The lowest BCUT2D eigenvalue weighted by Crippen LogP contribution is -2.56. The van der Waals surface area contributed by atoms with Crippen molar-refractivity contribution < 1.29 is 4.74 Å². The van der Waals surface area contributed by atoms with Crippen molar-refractivity contribution in [1.29, 1.82) is 0 Å². The highest BCUT2D eigenvalue weighted by atomic mass is 79.9. The molecule has 1 spiro atoms. The number of anilines is 1. The number of rotatable bonds is 2. The number of hydrogen-bond acceptors (Lipinski definition) is 4. The number of aliphatic imine (C=N–C) groups is 1. The molecule has 1 saturated heterocycles. The van der Waals surface area contributed by atoms with Gasteiger partial charge in [-0.3, -0.25) is 4.99 Å². The third-order valence-corrected chi connectivity index (χ3v) is 4.78. The maximum atomic E-state index is 6.17. The summed E-state index contributed by atoms with van der Waals surface area (Å²) in [6.45, 7) is 3.73. The number of halogens is 1. The van der Waals surface area contributed by atoms with Crippen LogP contribution in [0.1, 0.15) is 26.2 Å². The van der Waals surface area contributed by atoms with Gasteiger partial charge < -0.3 is 15.4 Å². The summed E-state index contributed by atoms with van der Waals surface area (Å²) in [4.78, 5) is 6.73. The molecule has 108 valence electrons. The molecule has 0 saturated carbocycles. The van der Waals surface area contributed by atoms with Crippen LogP contribution in [0.15, 0.2) is 33.7 Å². The molecule has 2 heterocycles. The standard InChI is InChI=1S/C15H20BrN3O/c1-2-13-9-15(6-7-20-13)10-18-14(17)19(15)12-5-3-4-11(16)8-12/h3-5,8,13H,2,6-7,9-10H2,1H3,(H2,17,18). The van der Waals surface area contributed by atoms with E-state index in [9.17, 15) is 0 Å². The first kappa shape index (κ1) is 13.9. The van der Waals surface area contributed by atoms with Gasteiger partial charge in [0.15, 0.2) is 5.96 Å². The minimum absolute atomic E-state index is 0.0101. The van der Waals surface area contributed by atoms with Crippen LogP contribution < -0.4 is 10.6 Å². The maximum absolute atomic E-state index is 6.17. The molecule has 0 radical (unpaired) electrons. The molecule has 2 aliphatic heterocycles. The van der Waals surface area contributed by atoms with E-state index in [-0.39, 0.29) is 5.54 Å². The molecule has 0 bridgehead atoms. The Kier molecular flexibility index (Phi) is 3.73. The Morgan fingerprint density at radius 3 is 3.15 bits per heavy atom. The topological polar surface area (TPSA) is 50.9 Å². The maximum Gasteiger partial charge on any atom is 0.196 e. The first-order valence-corrected chi connectivity index (χ1v) is 7.91. The van der Waals surface area contributed by atoms with Crippen LogP contribution >= 0.6 is 15.9 Å². The van der Waals surface area contributed by atoms with Crippen molar-refractivity contribution in [2.45, 2.75) is 37.8 Å². The van der Waals surface area contributed by atoms with Crippen molar-refractivity contribution >= 4 is 27.6 Å². The van der Waals surface area contributed by atoms with Gasteiger partial charge in [0, 0.05) is 16.8 Å². The minimum Gasteiger partial charge on any atom is -0.378 e. The van der Waals surface area contributed by atoms with E-state index in [0.29, 0.717) is 12.1 Å². The highest BCUT2D eigenvalue weighted by Crippen LogP contribution is 2.39. The zero-order valence-electron chi connectivity index (χ0n) is 11.7. The Labute approximate surface area is 128 Å². The molecule has 0 aliphatic carbocycles. The lowest BCUT2D eigenvalue weighted by molar-refractivity contribution is -0.0151. The van der Waals surface area contributed by atoms with Gasteiger partial charge in [-0.05, 0) is 37.5 Å². The average molecular weight is 338 g/mol. The Hall–Kier alpha value is -1.07. The molecule has 5 heteroatoms. The van der Waals surface area contributed by atoms with Crippen molar-refractivity contribution in [3.8, 4) is 0 Å². The Balaban J connectivity index is 1.95. The van der Waals surface area contributed by atoms with Gasteiger partial charge in [0.25, 0.3) is 0 Å². The second kappa shape index (κ2) is 5.37. The smallest absolute Gasteiger partial charge is 0.196 e. The summed E-state index contributed by atoms with van der Waals surface area (Å²) in [6, 6.07) is 8.26. The van der Waals surface area contributed by atoms with E-state index in [4.69, 9.17) is 10.5 Å². The fourth-order valence-corrected chi connectivity index (χ4v) is 3.63. The van der Waals surface area contributed by atoms with Crippen LogP contribution in [-0.2, 0) is 4.74 Å². The molecular formula is C15H20BrN3O. The van der Waals surface area contributed by atoms with Crippen LogP contribution in [0.4, 0.5) is 5.69 Å². The van der Waals surface area contributed by atoms with Crippen molar-refractivity contribution in [3.63, 3.8) is 0 Å². The molecule has 2 atom stereocenters. The number of nitrogens with two attached hydrogens (primary N) is 1. The van der Waals surface area contributed by atoms with Gasteiger partial charge in [-0.25, -0.2) is 0 Å². The van der Waals surface area contributed by atoms with Gasteiger partial charge in [0.1, 0.15) is 0 Å². The summed E-state index contributed by atoms with van der Waals surface area (Å²) in [7, 11) is 0. The van der Waals surface area contributed by atoms with Gasteiger partial charge in [0.05, 0.1) is 18.2 Å². The second-order valence-corrected chi connectivity index (χ2v) is 6.48. The SMILES string of the molecule is CCC1CC2(CCO1)CN=C(N)N2c1cccc(Br)c1. The van der Waals surface area contributed by atoms with Crippen molar-refractivity contribution in [2.24, 2.45) is 10.7 Å². The molecule has 1 aromatic carbocycles. The van der Waals surface area contributed by atoms with Crippen molar-refractivity contribution in [3.05, 3.63) is 28.7 Å². The molecule has 0 amide bonds. The molecule has 3 rings (SSSR count). The summed E-state index contributed by atoms with van der Waals surface area (Å²) in [5.74, 6) is 0.625. The van der Waals surface area contributed by atoms with Gasteiger partial charge in [-0.1, -0.05) is 28.9 Å². The Morgan fingerprint density at radius 2 is 2.40 bits per heavy atom. The summed E-state index contributed by atoms with van der Waals surface area (Å²) >= 11 is 3.54. The van der Waals surface area contributed by atoms with E-state index in [1.807, 2.05) is 12.1 Å². The predicted molar refractivity (Wildman–Crippen MR) is 85.1 cm³/mol. The first-order chi connectivity index (χ1) is 9.64. The molecule has 2 N–H and O–H groups in total. The average Bonchev–Trinajstić information content (AvgIpc) is 2.75. The lowest BCUT2D eigenvalue weighted by Gasteiger charge is -2.44. The van der Waals surface area contributed by atoms with Crippen LogP contribution in [0, 0.1) is 0 Å². The highest BCUT2D eigenvalue weighted by molar-refractivity contribution is 9.10. The van der Waals surface area contributed by atoms with E-state index < -0.39 is 0 Å². The summed E-state index contributed by atoms with van der Waals surface area (Å²) in [5, 5.41) is 0. The van der Waals surface area contributed by atoms with E-state index in [0.717, 1.165) is 42.6 Å². The number of hydrogen-bond donors (Lipinski definition) is 1. The number of benzene rings is 1. The summed E-state index contributed by atoms with van der Waals surface area (Å²) in [6.07, 6.45) is 3.30. The Bertz CT molecular complexity index is 534. The van der Waals surface area contributed by atoms with E-state index in [1.54, 1.807) is 0 Å². The lowest BCUT2D eigenvalue weighted by atomic mass is 9.84. The quantitative estimate of drug-likeness (QED) is 0.902. The molecule has 2 aliphatic rings.